The van der Waals surface area contributed by atoms with E-state index in [4.69, 9.17) is 16.3 Å². The second-order valence-electron chi connectivity index (χ2n) is 12.4. The summed E-state index contributed by atoms with van der Waals surface area (Å²) in [5.74, 6) is -0.401. The van der Waals surface area contributed by atoms with Crippen LogP contribution in [-0.4, -0.2) is 72.0 Å². The molecule has 2 aromatic carbocycles. The molecule has 1 fully saturated rings. The number of rotatable bonds is 10. The summed E-state index contributed by atoms with van der Waals surface area (Å²) in [5.41, 5.74) is 1.36. The Kier molecular flexibility index (Phi) is 10.5. The molecule has 0 bridgehead atoms. The number of anilines is 2. The fourth-order valence-corrected chi connectivity index (χ4v) is 6.26. The van der Waals surface area contributed by atoms with Crippen molar-refractivity contribution in [1.29, 1.82) is 0 Å². The normalized spacial score (nSPS) is 13.3. The highest BCUT2D eigenvalue weighted by molar-refractivity contribution is 6.33. The molecular formula is C36H35ClF3N9O4. The van der Waals surface area contributed by atoms with E-state index >= 15 is 0 Å². The lowest BCUT2D eigenvalue weighted by Gasteiger charge is -2.36. The van der Waals surface area contributed by atoms with Crippen LogP contribution in [0.2, 0.25) is 5.02 Å². The van der Waals surface area contributed by atoms with E-state index in [2.05, 4.69) is 31.9 Å². The van der Waals surface area contributed by atoms with Gasteiger partial charge in [-0.3, -0.25) is 14.4 Å². The van der Waals surface area contributed by atoms with Gasteiger partial charge in [0.15, 0.2) is 17.3 Å². The topological polar surface area (TPSA) is 140 Å². The minimum Gasteiger partial charge on any atom is -0.485 e. The lowest BCUT2D eigenvalue weighted by molar-refractivity contribution is -0.137. The highest BCUT2D eigenvalue weighted by atomic mass is 35.5. The van der Waals surface area contributed by atoms with Crippen molar-refractivity contribution in [2.75, 3.05) is 36.4 Å². The Morgan fingerprint density at radius 3 is 2.42 bits per heavy atom. The Morgan fingerprint density at radius 1 is 1.06 bits per heavy atom. The smallest absolute Gasteiger partial charge is 0.416 e. The summed E-state index contributed by atoms with van der Waals surface area (Å²) < 4.78 is 48.2. The van der Waals surface area contributed by atoms with Crippen molar-refractivity contribution in [3.8, 4) is 5.75 Å². The van der Waals surface area contributed by atoms with Crippen molar-refractivity contribution in [2.45, 2.75) is 46.5 Å². The van der Waals surface area contributed by atoms with Crippen molar-refractivity contribution >= 4 is 46.1 Å². The zero-order chi connectivity index (χ0) is 38.0. The number of hydrogen-bond acceptors (Lipinski definition) is 9. The Bertz CT molecular complexity index is 2270. The number of benzene rings is 2. The van der Waals surface area contributed by atoms with Gasteiger partial charge in [-0.2, -0.15) is 22.7 Å². The van der Waals surface area contributed by atoms with E-state index in [1.807, 2.05) is 42.2 Å². The monoisotopic (exact) mass is 749 g/mol. The molecule has 0 radical (unpaired) electrons. The van der Waals surface area contributed by atoms with E-state index in [1.54, 1.807) is 23.3 Å². The molecular weight excluding hydrogens is 715 g/mol. The van der Waals surface area contributed by atoms with Crippen molar-refractivity contribution < 1.29 is 27.5 Å². The van der Waals surface area contributed by atoms with Crippen LogP contribution < -0.4 is 20.5 Å². The number of carbonyl (C=O) groups excluding carboxylic acids is 2. The Balaban J connectivity index is 1.27. The molecule has 0 aliphatic carbocycles. The van der Waals surface area contributed by atoms with Gasteiger partial charge in [-0.15, -0.1) is 5.10 Å². The van der Waals surface area contributed by atoms with Gasteiger partial charge >= 0.3 is 6.18 Å². The molecule has 53 heavy (non-hydrogen) atoms. The number of aryl methyl sites for hydroxylation is 1. The lowest BCUT2D eigenvalue weighted by Crippen LogP contribution is -2.51. The van der Waals surface area contributed by atoms with Crippen LogP contribution in [0.25, 0.3) is 11.4 Å². The van der Waals surface area contributed by atoms with Gasteiger partial charge in [-0.05, 0) is 49.6 Å². The minimum atomic E-state index is -4.61. The summed E-state index contributed by atoms with van der Waals surface area (Å²) in [4.78, 5) is 57.8. The number of halogens is 4. The molecule has 13 nitrogen and oxygen atoms in total. The highest BCUT2D eigenvalue weighted by Gasteiger charge is 2.32. The van der Waals surface area contributed by atoms with E-state index in [-0.39, 0.29) is 78.9 Å². The van der Waals surface area contributed by atoms with E-state index in [0.29, 0.717) is 29.1 Å². The number of nitrogens with zero attached hydrogens (tertiary/aromatic N) is 8. The Labute approximate surface area is 306 Å². The number of ether oxygens (including phenoxy) is 1. The van der Waals surface area contributed by atoms with Gasteiger partial charge in [0.25, 0.3) is 11.5 Å². The molecule has 3 aromatic heterocycles. The molecule has 1 aliphatic rings. The number of alkyl halides is 3. The lowest BCUT2D eigenvalue weighted by atomic mass is 10.2. The number of carbonyl (C=O) groups is 2. The van der Waals surface area contributed by atoms with Crippen molar-refractivity contribution in [3.05, 3.63) is 111 Å². The van der Waals surface area contributed by atoms with Crippen LogP contribution in [0.5, 0.6) is 5.75 Å². The maximum absolute atomic E-state index is 14.1. The largest absolute Gasteiger partial charge is 0.485 e. The summed E-state index contributed by atoms with van der Waals surface area (Å²) in [6.45, 7) is 9.98. The van der Waals surface area contributed by atoms with Gasteiger partial charge in [0.05, 0.1) is 27.7 Å². The summed E-state index contributed by atoms with van der Waals surface area (Å²) in [6.07, 6.45) is -2.99. The zero-order valence-electron chi connectivity index (χ0n) is 29.1. The molecule has 1 aliphatic heterocycles. The van der Waals surface area contributed by atoms with Gasteiger partial charge in [0, 0.05) is 26.2 Å². The Hall–Kier alpha value is -5.77. The molecule has 0 spiro atoms. The first kappa shape index (κ1) is 37.0. The average molecular weight is 750 g/mol. The SMILES string of the molecule is C=C(C)c1nc2n(CC(=O)Nc3ccc(C(F)(F)F)cc3Cl)c(CC)c(N3CCN(C(=O)c4ncnc(C)c4OCc4ccccc4)CC3)c(=O)n2n1. The van der Waals surface area contributed by atoms with E-state index in [9.17, 15) is 27.6 Å². The second kappa shape index (κ2) is 15.1. The number of allylic oxidation sites excluding steroid dienone is 1. The fraction of sp³-hybridized carbons (Fsp3) is 0.306. The van der Waals surface area contributed by atoms with E-state index in [1.165, 1.54) is 6.33 Å². The number of aromatic nitrogens is 6. The number of fused-ring (bicyclic) bond motifs is 1. The molecule has 1 saturated heterocycles. The van der Waals surface area contributed by atoms with Gasteiger partial charge in [-0.25, -0.2) is 9.97 Å². The Morgan fingerprint density at radius 2 is 1.77 bits per heavy atom. The molecule has 6 rings (SSSR count). The predicted molar refractivity (Wildman–Crippen MR) is 192 cm³/mol. The van der Waals surface area contributed by atoms with Crippen LogP contribution in [0.15, 0.2) is 66.2 Å². The maximum Gasteiger partial charge on any atom is 0.416 e. The first-order valence-electron chi connectivity index (χ1n) is 16.6. The predicted octanol–water partition coefficient (Wildman–Crippen LogP) is 5.44. The third-order valence-electron chi connectivity index (χ3n) is 8.71. The first-order chi connectivity index (χ1) is 25.3. The zero-order valence-corrected chi connectivity index (χ0v) is 29.8. The molecule has 0 saturated carbocycles. The molecule has 0 unspecified atom stereocenters. The quantitative estimate of drug-likeness (QED) is 0.198. The molecule has 5 aromatic rings. The fourth-order valence-electron chi connectivity index (χ4n) is 6.04. The van der Waals surface area contributed by atoms with E-state index < -0.39 is 23.2 Å². The van der Waals surface area contributed by atoms with Crippen LogP contribution in [0.1, 0.15) is 52.7 Å². The standard InChI is InChI=1S/C36H35ClF3N9O4/c1-5-27-30(46-13-15-47(16-14-46)33(51)29-31(22(4)41-20-42-29)53-19-23-9-7-6-8-10-23)34(52)49-35(44-32(45-49)21(2)3)48(27)18-28(50)43-26-12-11-24(17-25(26)37)36(38,39)40/h6-12,17,20H,2,5,13-16,18-19H2,1,3-4H3,(H,43,50). The first-order valence-corrected chi connectivity index (χ1v) is 17.0. The second-order valence-corrected chi connectivity index (χ2v) is 12.8. The number of piperazine rings is 1. The van der Waals surface area contributed by atoms with Crippen molar-refractivity contribution in [1.82, 2.24) is 34.0 Å². The average Bonchev–Trinajstić information content (AvgIpc) is 3.59. The van der Waals surface area contributed by atoms with Crippen molar-refractivity contribution in [3.63, 3.8) is 0 Å². The molecule has 2 amide bonds. The summed E-state index contributed by atoms with van der Waals surface area (Å²) in [5, 5.41) is 6.65. The maximum atomic E-state index is 14.1. The number of nitrogens with one attached hydrogen (secondary N) is 1. The molecule has 0 atom stereocenters. The highest BCUT2D eigenvalue weighted by Crippen LogP contribution is 2.34. The minimum absolute atomic E-state index is 0.0163. The molecule has 4 heterocycles. The van der Waals surface area contributed by atoms with E-state index in [0.717, 1.165) is 28.3 Å². The van der Waals surface area contributed by atoms with Crippen molar-refractivity contribution in [2.24, 2.45) is 0 Å². The van der Waals surface area contributed by atoms with Crippen LogP contribution in [0.3, 0.4) is 0 Å². The van der Waals surface area contributed by atoms with Gasteiger partial charge in [0.2, 0.25) is 11.7 Å². The van der Waals surface area contributed by atoms with Gasteiger partial charge in [-0.1, -0.05) is 55.4 Å². The molecule has 276 valence electrons. The summed E-state index contributed by atoms with van der Waals surface area (Å²) in [6, 6.07) is 12.1. The summed E-state index contributed by atoms with van der Waals surface area (Å²) >= 11 is 6.10. The third-order valence-corrected chi connectivity index (χ3v) is 9.02. The van der Waals surface area contributed by atoms with Crippen LogP contribution in [0.4, 0.5) is 24.5 Å². The van der Waals surface area contributed by atoms with Gasteiger partial charge in [0.1, 0.15) is 25.2 Å². The summed E-state index contributed by atoms with van der Waals surface area (Å²) in [7, 11) is 0. The third kappa shape index (κ3) is 7.72. The van der Waals surface area contributed by atoms with Crippen LogP contribution >= 0.6 is 11.6 Å². The molecule has 17 heteroatoms. The number of amides is 2. The molecule has 1 N–H and O–H groups in total. The van der Waals surface area contributed by atoms with Gasteiger partial charge < -0.3 is 24.4 Å². The van der Waals surface area contributed by atoms with Crippen LogP contribution in [0, 0.1) is 6.92 Å². The van der Waals surface area contributed by atoms with Crippen LogP contribution in [-0.2, 0) is 30.5 Å². The number of hydrogen-bond donors (Lipinski definition) is 1.